The number of ether oxygens (including phenoxy) is 4. The summed E-state index contributed by atoms with van der Waals surface area (Å²) < 4.78 is 26.2. The summed E-state index contributed by atoms with van der Waals surface area (Å²) in [6, 6.07) is 0. The Balaban J connectivity index is 0.994. The van der Waals surface area contributed by atoms with Gasteiger partial charge >= 0.3 is 6.09 Å². The number of nitrogens with zero attached hydrogens (tertiary/aromatic N) is 2. The van der Waals surface area contributed by atoms with Gasteiger partial charge in [0, 0.05) is 31.5 Å². The zero-order chi connectivity index (χ0) is 37.2. The van der Waals surface area contributed by atoms with Gasteiger partial charge in [-0.3, -0.25) is 4.79 Å². The molecule has 8 aliphatic rings. The Hall–Kier alpha value is -1.42. The topological polar surface area (TPSA) is 97.8 Å². The first-order chi connectivity index (χ1) is 24.5. The van der Waals surface area contributed by atoms with Crippen LogP contribution < -0.4 is 0 Å². The zero-order valence-electron chi connectivity index (χ0n) is 33.8. The van der Waals surface area contributed by atoms with Gasteiger partial charge < -0.3 is 33.9 Å². The Bertz CT molecular complexity index is 1400. The van der Waals surface area contributed by atoms with E-state index >= 15 is 0 Å². The molecule has 14 atom stereocenters. The van der Waals surface area contributed by atoms with Gasteiger partial charge in [0.25, 0.3) is 0 Å². The SMILES string of the molecule is CC(C)CC(=O)N1CCO[C@@H](OC2CCC34C[C@]35CC[C@]3(C)[C@@H]6[C@H](O[C@@H](C(OC(=O)N7CCC7)C(C)C)C[C@H]6C)[C@H](O)[C@@]3(C)[C@@H]5CC[C@H]4C2(C)C)C1. The monoisotopic (exact) mass is 727 g/mol. The lowest BCUT2D eigenvalue weighted by Crippen LogP contribution is -2.60. The Kier molecular flexibility index (Phi) is 9.24. The number of likely N-dealkylation sites (tertiary alicyclic amines) is 1. The van der Waals surface area contributed by atoms with Crippen LogP contribution in [0.15, 0.2) is 0 Å². The summed E-state index contributed by atoms with van der Waals surface area (Å²) in [6.45, 7) is 23.9. The number of carbonyl (C=O) groups is 2. The van der Waals surface area contributed by atoms with E-state index in [0.717, 1.165) is 45.2 Å². The first kappa shape index (κ1) is 37.5. The van der Waals surface area contributed by atoms with Crippen LogP contribution >= 0.6 is 0 Å². The highest BCUT2D eigenvalue weighted by molar-refractivity contribution is 5.76. The van der Waals surface area contributed by atoms with Crippen molar-refractivity contribution in [2.24, 2.45) is 62.6 Å². The van der Waals surface area contributed by atoms with Crippen molar-refractivity contribution in [2.45, 2.75) is 163 Å². The molecule has 3 heterocycles. The third-order valence-corrected chi connectivity index (χ3v) is 17.4. The molecule has 2 amide bonds. The van der Waals surface area contributed by atoms with E-state index in [1.54, 1.807) is 4.90 Å². The first-order valence-corrected chi connectivity index (χ1v) is 21.3. The molecule has 3 saturated heterocycles. The Morgan fingerprint density at radius 3 is 2.31 bits per heavy atom. The summed E-state index contributed by atoms with van der Waals surface area (Å²) >= 11 is 0. The van der Waals surface area contributed by atoms with E-state index in [-0.39, 0.29) is 76.2 Å². The maximum atomic E-state index is 13.0. The van der Waals surface area contributed by atoms with E-state index in [4.69, 9.17) is 18.9 Å². The molecule has 5 aliphatic carbocycles. The summed E-state index contributed by atoms with van der Waals surface area (Å²) in [4.78, 5) is 29.6. The highest BCUT2D eigenvalue weighted by Gasteiger charge is 2.84. The molecule has 0 aromatic carbocycles. The third kappa shape index (κ3) is 5.26. The molecular weight excluding hydrogens is 656 g/mol. The molecule has 3 aliphatic heterocycles. The summed E-state index contributed by atoms with van der Waals surface area (Å²) in [5.41, 5.74) is 0.307. The van der Waals surface area contributed by atoms with Crippen molar-refractivity contribution >= 4 is 12.0 Å². The molecule has 0 aromatic heterocycles. The van der Waals surface area contributed by atoms with Crippen molar-refractivity contribution in [3.63, 3.8) is 0 Å². The molecule has 0 aromatic rings. The van der Waals surface area contributed by atoms with E-state index in [0.29, 0.717) is 55.2 Å². The van der Waals surface area contributed by atoms with E-state index < -0.39 is 6.10 Å². The van der Waals surface area contributed by atoms with Crippen molar-refractivity contribution < 1.29 is 33.6 Å². The van der Waals surface area contributed by atoms with Crippen LogP contribution in [0.2, 0.25) is 0 Å². The van der Waals surface area contributed by atoms with E-state index in [1.807, 2.05) is 4.90 Å². The van der Waals surface area contributed by atoms with Gasteiger partial charge in [-0.05, 0) is 115 Å². The van der Waals surface area contributed by atoms with Gasteiger partial charge in [0.1, 0.15) is 6.10 Å². The summed E-state index contributed by atoms with van der Waals surface area (Å²) in [6.07, 6.45) is 8.86. The van der Waals surface area contributed by atoms with Gasteiger partial charge in [-0.15, -0.1) is 0 Å². The standard InChI is InChI=1S/C43H70N2O7/c1-25(2)21-32(46)45-19-20-49-33(23-45)51-31-13-14-42-24-43(42)16-15-40(8)34-27(5)22-28(35(26(3)4)52-38(48)44-17-10-18-44)50-36(34)37(47)41(40,9)30(43)12-11-29(42)39(31,6)7/h25-31,33-37,47H,10-24H2,1-9H3/t27-,28-,29+,30+,31?,33+,34+,35?,36+,37+,40-,41-,42?,43+/m1/s1. The number of hydrogen-bond acceptors (Lipinski definition) is 7. The van der Waals surface area contributed by atoms with Gasteiger partial charge in [0.15, 0.2) is 6.29 Å². The molecule has 294 valence electrons. The second kappa shape index (κ2) is 12.8. The fraction of sp³-hybridized carbons (Fsp3) is 0.953. The summed E-state index contributed by atoms with van der Waals surface area (Å²) in [5.74, 6) is 2.38. The normalized spacial score (nSPS) is 48.1. The minimum atomic E-state index is -0.541. The molecular formula is C43H70N2O7. The highest BCUT2D eigenvalue weighted by atomic mass is 16.7. The van der Waals surface area contributed by atoms with Crippen LogP contribution in [-0.2, 0) is 23.7 Å². The molecule has 8 fully saturated rings. The van der Waals surface area contributed by atoms with Crippen molar-refractivity contribution in [3.05, 3.63) is 0 Å². The van der Waals surface area contributed by atoms with Crippen LogP contribution in [0.4, 0.5) is 4.79 Å². The smallest absolute Gasteiger partial charge is 0.410 e. The Morgan fingerprint density at radius 1 is 0.923 bits per heavy atom. The van der Waals surface area contributed by atoms with Crippen molar-refractivity contribution in [1.82, 2.24) is 9.80 Å². The fourth-order valence-electron chi connectivity index (χ4n) is 14.7. The van der Waals surface area contributed by atoms with E-state index in [9.17, 15) is 14.7 Å². The third-order valence-electron chi connectivity index (χ3n) is 17.4. The number of aliphatic hydroxyl groups excluding tert-OH is 1. The van der Waals surface area contributed by atoms with Crippen molar-refractivity contribution in [2.75, 3.05) is 32.8 Å². The molecule has 3 unspecified atom stereocenters. The molecule has 5 saturated carbocycles. The van der Waals surface area contributed by atoms with Gasteiger partial charge in [-0.2, -0.15) is 0 Å². The lowest BCUT2D eigenvalue weighted by molar-refractivity contribution is -0.248. The summed E-state index contributed by atoms with van der Waals surface area (Å²) in [5, 5.41) is 12.7. The minimum Gasteiger partial charge on any atom is -0.443 e. The van der Waals surface area contributed by atoms with Crippen LogP contribution in [0.3, 0.4) is 0 Å². The largest absolute Gasteiger partial charge is 0.443 e. The van der Waals surface area contributed by atoms with Crippen LogP contribution in [-0.4, -0.2) is 96.5 Å². The lowest BCUT2D eigenvalue weighted by Gasteiger charge is -2.64. The van der Waals surface area contributed by atoms with E-state index in [2.05, 4.69) is 62.3 Å². The average molecular weight is 727 g/mol. The van der Waals surface area contributed by atoms with Gasteiger partial charge in [0.05, 0.1) is 37.6 Å². The van der Waals surface area contributed by atoms with Crippen LogP contribution in [0.1, 0.15) is 127 Å². The lowest BCUT2D eigenvalue weighted by atomic mass is 9.41. The molecule has 2 spiro atoms. The average Bonchev–Trinajstić information content (AvgIpc) is 3.68. The first-order valence-electron chi connectivity index (χ1n) is 21.3. The Morgan fingerprint density at radius 2 is 1.63 bits per heavy atom. The molecule has 52 heavy (non-hydrogen) atoms. The molecule has 9 heteroatoms. The van der Waals surface area contributed by atoms with Gasteiger partial charge in [-0.25, -0.2) is 4.79 Å². The van der Waals surface area contributed by atoms with Gasteiger partial charge in [-0.1, -0.05) is 62.3 Å². The molecule has 1 N–H and O–H groups in total. The Labute approximate surface area is 313 Å². The number of carbonyl (C=O) groups excluding carboxylic acids is 2. The second-order valence-corrected chi connectivity index (χ2v) is 20.9. The number of aliphatic hydroxyl groups is 1. The predicted molar refractivity (Wildman–Crippen MR) is 198 cm³/mol. The number of morpholine rings is 1. The maximum Gasteiger partial charge on any atom is 0.410 e. The molecule has 0 radical (unpaired) electrons. The van der Waals surface area contributed by atoms with Crippen LogP contribution in [0, 0.1) is 62.6 Å². The molecule has 8 rings (SSSR count). The minimum absolute atomic E-state index is 0.00553. The molecule has 9 nitrogen and oxygen atoms in total. The van der Waals surface area contributed by atoms with E-state index in [1.165, 1.54) is 25.7 Å². The summed E-state index contributed by atoms with van der Waals surface area (Å²) in [7, 11) is 0. The predicted octanol–water partition coefficient (Wildman–Crippen LogP) is 7.28. The zero-order valence-corrected chi connectivity index (χ0v) is 33.8. The second-order valence-electron chi connectivity index (χ2n) is 20.9. The maximum absolute atomic E-state index is 13.0. The number of hydrogen-bond donors (Lipinski definition) is 1. The van der Waals surface area contributed by atoms with Crippen molar-refractivity contribution in [3.8, 4) is 0 Å². The fourth-order valence-corrected chi connectivity index (χ4v) is 14.7. The number of rotatable bonds is 7. The van der Waals surface area contributed by atoms with Crippen LogP contribution in [0.5, 0.6) is 0 Å². The van der Waals surface area contributed by atoms with Crippen LogP contribution in [0.25, 0.3) is 0 Å². The number of fused-ring (bicyclic) bond motifs is 4. The quantitative estimate of drug-likeness (QED) is 0.295. The van der Waals surface area contributed by atoms with Crippen molar-refractivity contribution in [1.29, 1.82) is 0 Å². The number of amides is 2. The highest BCUT2D eigenvalue weighted by Crippen LogP contribution is 2.89. The molecule has 0 bridgehead atoms. The van der Waals surface area contributed by atoms with Gasteiger partial charge in [0.2, 0.25) is 5.91 Å².